The Morgan fingerprint density at radius 2 is 0.619 bits per heavy atom. The first-order valence-corrected chi connectivity index (χ1v) is 21.4. The SMILES string of the molecule is Cc1ccccc1N(c1cc2oc3cc(N(c4ccccc4C)c4cccc5c4oc4ccccc45)c4ccccc4c3c2c2ccccc12)c1cccc2c1oc1ccccc12. The van der Waals surface area contributed by atoms with E-state index in [4.69, 9.17) is 13.3 Å². The summed E-state index contributed by atoms with van der Waals surface area (Å²) in [6.07, 6.45) is 0. The summed E-state index contributed by atoms with van der Waals surface area (Å²) in [7, 11) is 0. The second-order valence-corrected chi connectivity index (χ2v) is 16.5. The van der Waals surface area contributed by atoms with Gasteiger partial charge in [-0.2, -0.15) is 0 Å². The Kier molecular flexibility index (Phi) is 7.67. The van der Waals surface area contributed by atoms with Crippen LogP contribution in [0.3, 0.4) is 0 Å². The number of furan rings is 3. The lowest BCUT2D eigenvalue weighted by Crippen LogP contribution is -2.12. The molecule has 5 nitrogen and oxygen atoms in total. The van der Waals surface area contributed by atoms with Crippen LogP contribution in [0.2, 0.25) is 0 Å². The second kappa shape index (κ2) is 13.6. The van der Waals surface area contributed by atoms with E-state index in [0.29, 0.717) is 0 Å². The molecule has 0 amide bonds. The van der Waals surface area contributed by atoms with Crippen LogP contribution in [0.5, 0.6) is 0 Å². The summed E-state index contributed by atoms with van der Waals surface area (Å²) in [5, 5.41) is 10.9. The third-order valence-electron chi connectivity index (χ3n) is 12.9. The molecule has 3 aromatic heterocycles. The number of hydrogen-bond donors (Lipinski definition) is 0. The summed E-state index contributed by atoms with van der Waals surface area (Å²) in [5.41, 5.74) is 13.3. The first-order chi connectivity index (χ1) is 31.1. The van der Waals surface area contributed by atoms with Gasteiger partial charge in [0.05, 0.1) is 22.7 Å². The van der Waals surface area contributed by atoms with E-state index in [-0.39, 0.29) is 0 Å². The van der Waals surface area contributed by atoms with Gasteiger partial charge in [-0.15, -0.1) is 0 Å². The summed E-state index contributed by atoms with van der Waals surface area (Å²) in [5.74, 6) is 0. The number of benzene rings is 10. The van der Waals surface area contributed by atoms with E-state index in [1.165, 1.54) is 0 Å². The lowest BCUT2D eigenvalue weighted by Gasteiger charge is -2.28. The van der Waals surface area contributed by atoms with Crippen molar-refractivity contribution in [3.05, 3.63) is 205 Å². The highest BCUT2D eigenvalue weighted by Crippen LogP contribution is 2.52. The zero-order valence-electron chi connectivity index (χ0n) is 34.6. The third-order valence-corrected chi connectivity index (χ3v) is 12.9. The third kappa shape index (κ3) is 5.23. The molecule has 0 saturated carbocycles. The molecule has 3 heterocycles. The average molecular weight is 811 g/mol. The van der Waals surface area contributed by atoms with Gasteiger partial charge in [-0.1, -0.05) is 146 Å². The van der Waals surface area contributed by atoms with Crippen molar-refractivity contribution in [3.8, 4) is 0 Å². The molecule has 0 spiro atoms. The monoisotopic (exact) mass is 810 g/mol. The van der Waals surface area contributed by atoms with Gasteiger partial charge in [0.2, 0.25) is 0 Å². The zero-order chi connectivity index (χ0) is 41.8. The number of fused-ring (bicyclic) bond motifs is 13. The summed E-state index contributed by atoms with van der Waals surface area (Å²) < 4.78 is 20.7. The zero-order valence-corrected chi connectivity index (χ0v) is 34.6. The van der Waals surface area contributed by atoms with E-state index in [0.717, 1.165) is 133 Å². The standard InChI is InChI=1S/C58H38N2O3/c1-35-17-3-11-27-45(35)59(47-29-15-25-43-39-21-9-13-31-51(39)62-57(43)47)49-33-53-55(41-23-7-5-19-37(41)49)56-42-24-8-6-20-38(42)50(34-54(56)61-53)60(46-28-12-4-18-36(46)2)48-30-16-26-44-40-22-10-14-32-52(40)63-58(44)48/h3-34H,1-2H3. The molecule has 0 aliphatic carbocycles. The lowest BCUT2D eigenvalue weighted by molar-refractivity contribution is 0.667. The molecular formula is C58H38N2O3. The van der Waals surface area contributed by atoms with E-state index >= 15 is 0 Å². The number of rotatable bonds is 6. The topological polar surface area (TPSA) is 45.9 Å². The van der Waals surface area contributed by atoms with Gasteiger partial charge >= 0.3 is 0 Å². The normalized spacial score (nSPS) is 12.0. The van der Waals surface area contributed by atoms with Gasteiger partial charge in [0.25, 0.3) is 0 Å². The maximum absolute atomic E-state index is 7.23. The van der Waals surface area contributed by atoms with Crippen LogP contribution >= 0.6 is 0 Å². The van der Waals surface area contributed by atoms with E-state index in [1.807, 2.05) is 24.3 Å². The number of nitrogens with zero attached hydrogens (tertiary/aromatic N) is 2. The Morgan fingerprint density at radius 3 is 1.06 bits per heavy atom. The lowest BCUT2D eigenvalue weighted by atomic mass is 9.96. The van der Waals surface area contributed by atoms with Gasteiger partial charge in [-0.25, -0.2) is 0 Å². The largest absolute Gasteiger partial charge is 0.456 e. The fourth-order valence-electron chi connectivity index (χ4n) is 10.1. The van der Waals surface area contributed by atoms with Crippen LogP contribution in [0.15, 0.2) is 207 Å². The minimum Gasteiger partial charge on any atom is -0.456 e. The molecule has 0 aliphatic heterocycles. The number of anilines is 6. The van der Waals surface area contributed by atoms with Gasteiger partial charge in [0.15, 0.2) is 11.2 Å². The summed E-state index contributed by atoms with van der Waals surface area (Å²) in [4.78, 5) is 4.71. The van der Waals surface area contributed by atoms with Gasteiger partial charge in [0, 0.05) is 66.6 Å². The number of para-hydroxylation sites is 6. The number of hydrogen-bond acceptors (Lipinski definition) is 5. The minimum atomic E-state index is 0.804. The Morgan fingerprint density at radius 1 is 0.270 bits per heavy atom. The molecule has 0 saturated heterocycles. The van der Waals surface area contributed by atoms with E-state index < -0.39 is 0 Å². The van der Waals surface area contributed by atoms with Crippen LogP contribution in [0.1, 0.15) is 11.1 Å². The highest BCUT2D eigenvalue weighted by Gasteiger charge is 2.28. The Balaban J connectivity index is 1.12. The smallest absolute Gasteiger partial charge is 0.159 e. The molecule has 5 heteroatoms. The highest BCUT2D eigenvalue weighted by atomic mass is 16.3. The van der Waals surface area contributed by atoms with Crippen molar-refractivity contribution in [2.45, 2.75) is 13.8 Å². The fraction of sp³-hybridized carbons (Fsp3) is 0.0345. The van der Waals surface area contributed by atoms with Crippen molar-refractivity contribution >= 4 is 121 Å². The first kappa shape index (κ1) is 35.5. The van der Waals surface area contributed by atoms with Crippen LogP contribution in [0, 0.1) is 13.8 Å². The molecule has 13 rings (SSSR count). The van der Waals surface area contributed by atoms with Crippen molar-refractivity contribution < 1.29 is 13.3 Å². The maximum atomic E-state index is 7.23. The van der Waals surface area contributed by atoms with E-state index in [2.05, 4.69) is 194 Å². The van der Waals surface area contributed by atoms with Crippen LogP contribution in [-0.4, -0.2) is 0 Å². The molecule has 0 atom stereocenters. The predicted molar refractivity (Wildman–Crippen MR) is 262 cm³/mol. The fourth-order valence-corrected chi connectivity index (χ4v) is 10.1. The predicted octanol–water partition coefficient (Wildman–Crippen LogP) is 17.2. The Hall–Kier alpha value is -8.28. The maximum Gasteiger partial charge on any atom is 0.159 e. The summed E-state index contributed by atoms with van der Waals surface area (Å²) >= 11 is 0. The first-order valence-electron chi connectivity index (χ1n) is 21.4. The van der Waals surface area contributed by atoms with Crippen molar-refractivity contribution in [1.82, 2.24) is 0 Å². The molecule has 63 heavy (non-hydrogen) atoms. The van der Waals surface area contributed by atoms with E-state index in [9.17, 15) is 0 Å². The molecule has 0 bridgehead atoms. The minimum absolute atomic E-state index is 0.804. The second-order valence-electron chi connectivity index (χ2n) is 16.5. The molecule has 13 aromatic rings. The molecule has 298 valence electrons. The van der Waals surface area contributed by atoms with E-state index in [1.54, 1.807) is 0 Å². The van der Waals surface area contributed by atoms with Gasteiger partial charge in [0.1, 0.15) is 22.3 Å². The summed E-state index contributed by atoms with van der Waals surface area (Å²) in [6.45, 7) is 4.34. The molecule has 0 aliphatic rings. The Bertz CT molecular complexity index is 3720. The highest BCUT2D eigenvalue weighted by molar-refractivity contribution is 6.30. The average Bonchev–Trinajstić information content (AvgIpc) is 4.03. The van der Waals surface area contributed by atoms with Crippen LogP contribution in [0.25, 0.3) is 87.4 Å². The van der Waals surface area contributed by atoms with Crippen molar-refractivity contribution in [1.29, 1.82) is 0 Å². The van der Waals surface area contributed by atoms with Gasteiger partial charge in [-0.3, -0.25) is 0 Å². The van der Waals surface area contributed by atoms with Gasteiger partial charge < -0.3 is 23.1 Å². The molecule has 0 fully saturated rings. The molecule has 10 aromatic carbocycles. The van der Waals surface area contributed by atoms with Crippen LogP contribution in [0.4, 0.5) is 34.1 Å². The van der Waals surface area contributed by atoms with Crippen molar-refractivity contribution in [2.75, 3.05) is 9.80 Å². The molecule has 0 radical (unpaired) electrons. The molecule has 0 N–H and O–H groups in total. The van der Waals surface area contributed by atoms with Gasteiger partial charge in [-0.05, 0) is 72.1 Å². The van der Waals surface area contributed by atoms with Crippen LogP contribution in [-0.2, 0) is 0 Å². The quantitative estimate of drug-likeness (QED) is 0.167. The Labute approximate surface area is 362 Å². The molecular weight excluding hydrogens is 773 g/mol. The summed E-state index contributed by atoms with van der Waals surface area (Å²) in [6, 6.07) is 68.5. The number of aryl methyl sites for hydroxylation is 2. The van der Waals surface area contributed by atoms with Crippen LogP contribution < -0.4 is 9.80 Å². The van der Waals surface area contributed by atoms with Crippen molar-refractivity contribution in [2.24, 2.45) is 0 Å². The molecule has 0 unspecified atom stereocenters. The van der Waals surface area contributed by atoms with Crippen molar-refractivity contribution in [3.63, 3.8) is 0 Å².